The normalized spacial score (nSPS) is 10.9. The Kier molecular flexibility index (Phi) is 9.46. The van der Waals surface area contributed by atoms with E-state index in [0.717, 1.165) is 24.1 Å². The summed E-state index contributed by atoms with van der Waals surface area (Å²) in [5.41, 5.74) is 7.76. The van der Waals surface area contributed by atoms with Crippen LogP contribution in [0.25, 0.3) is 6.08 Å². The third-order valence-corrected chi connectivity index (χ3v) is 3.53. The molecule has 0 fully saturated rings. The maximum atomic E-state index is 10.2. The van der Waals surface area contributed by atoms with E-state index in [0.29, 0.717) is 6.54 Å². The van der Waals surface area contributed by atoms with Crippen LogP contribution in [0.3, 0.4) is 0 Å². The molecule has 1 aromatic carbocycles. The first-order valence-corrected chi connectivity index (χ1v) is 8.69. The second-order valence-corrected chi connectivity index (χ2v) is 6.51. The molecule has 0 radical (unpaired) electrons. The summed E-state index contributed by atoms with van der Waals surface area (Å²) in [6.45, 7) is 6.58. The van der Waals surface area contributed by atoms with Crippen molar-refractivity contribution >= 4 is 11.8 Å². The highest BCUT2D eigenvalue weighted by atomic mass is 16.3. The molecule has 4 N–H and O–H groups in total. The molecule has 2 rings (SSSR count). The minimum absolute atomic E-state index is 0.0821. The fourth-order valence-corrected chi connectivity index (χ4v) is 2.18. The van der Waals surface area contributed by atoms with Gasteiger partial charge < -0.3 is 10.4 Å². The van der Waals surface area contributed by atoms with Crippen LogP contribution in [0.5, 0.6) is 0 Å². The van der Waals surface area contributed by atoms with Gasteiger partial charge in [-0.2, -0.15) is 4.91 Å². The summed E-state index contributed by atoms with van der Waals surface area (Å²) in [6, 6.07) is 9.41. The number of allylic oxidation sites excluding steroid dienone is 1. The highest BCUT2D eigenvalue weighted by Gasteiger charge is 2.16. The fraction of sp³-hybridized carbons (Fsp3) is 0.368. The van der Waals surface area contributed by atoms with E-state index in [-0.39, 0.29) is 11.1 Å². The van der Waals surface area contributed by atoms with Gasteiger partial charge in [-0.15, -0.1) is 0 Å². The zero-order chi connectivity index (χ0) is 20.1. The predicted octanol–water partition coefficient (Wildman–Crippen LogP) is 3.02. The average molecular weight is 373 g/mol. The van der Waals surface area contributed by atoms with Crippen LogP contribution >= 0.6 is 0 Å². The third-order valence-electron chi connectivity index (χ3n) is 3.53. The number of hydrazine groups is 1. The Morgan fingerprint density at radius 3 is 2.59 bits per heavy atom. The molecule has 0 atom stereocenters. The molecule has 0 aliphatic rings. The smallest absolute Gasteiger partial charge is 0.321 e. The Balaban J connectivity index is 0.000000377. The van der Waals surface area contributed by atoms with Crippen LogP contribution in [-0.4, -0.2) is 22.1 Å². The molecule has 1 heterocycles. The van der Waals surface area contributed by atoms with Crippen molar-refractivity contribution in [3.63, 3.8) is 0 Å². The summed E-state index contributed by atoms with van der Waals surface area (Å²) in [5.74, 6) is 0. The summed E-state index contributed by atoms with van der Waals surface area (Å²) in [6.07, 6.45) is 7.06. The lowest BCUT2D eigenvalue weighted by Crippen LogP contribution is -2.43. The molecule has 8 nitrogen and oxygen atoms in total. The van der Waals surface area contributed by atoms with Crippen LogP contribution < -0.4 is 22.1 Å². The van der Waals surface area contributed by atoms with Gasteiger partial charge in [0.25, 0.3) is 5.56 Å². The van der Waals surface area contributed by atoms with Gasteiger partial charge in [-0.05, 0) is 51.3 Å². The number of hydrogen-bond acceptors (Lipinski definition) is 6. The number of hydrogen-bond donors (Lipinski definition) is 4. The van der Waals surface area contributed by atoms with E-state index in [1.807, 2.05) is 30.1 Å². The number of aromatic nitrogens is 2. The van der Waals surface area contributed by atoms with Crippen molar-refractivity contribution in [3.05, 3.63) is 73.9 Å². The second kappa shape index (κ2) is 11.6. The topological polar surface area (TPSA) is 119 Å². The van der Waals surface area contributed by atoms with Gasteiger partial charge in [-0.1, -0.05) is 29.5 Å². The van der Waals surface area contributed by atoms with Crippen molar-refractivity contribution in [3.8, 4) is 0 Å². The SMILES string of the molecule is C/C=C\c1cccc(NNC(C)(C)CCCN=O)c1.O=c1cc[nH]c(=O)[nH]1. The van der Waals surface area contributed by atoms with Gasteiger partial charge in [-0.25, -0.2) is 10.2 Å². The number of nitrogens with zero attached hydrogens (tertiary/aromatic N) is 1. The lowest BCUT2D eigenvalue weighted by atomic mass is 10.00. The average Bonchev–Trinajstić information content (AvgIpc) is 2.61. The number of anilines is 1. The second-order valence-electron chi connectivity index (χ2n) is 6.51. The molecule has 1 aromatic heterocycles. The van der Waals surface area contributed by atoms with Crippen molar-refractivity contribution in [2.45, 2.75) is 39.2 Å². The molecule has 8 heteroatoms. The molecule has 0 unspecified atom stereocenters. The number of nitrogens with one attached hydrogen (secondary N) is 4. The van der Waals surface area contributed by atoms with E-state index in [1.54, 1.807) is 0 Å². The molecule has 0 aliphatic carbocycles. The van der Waals surface area contributed by atoms with Crippen LogP contribution in [0, 0.1) is 4.91 Å². The lowest BCUT2D eigenvalue weighted by Gasteiger charge is -2.27. The molecule has 27 heavy (non-hydrogen) atoms. The van der Waals surface area contributed by atoms with E-state index < -0.39 is 5.69 Å². The van der Waals surface area contributed by atoms with E-state index >= 15 is 0 Å². The molecule has 0 amide bonds. The van der Waals surface area contributed by atoms with Crippen molar-refractivity contribution < 1.29 is 0 Å². The van der Waals surface area contributed by atoms with Crippen LogP contribution in [0.15, 0.2) is 57.4 Å². The number of rotatable bonds is 8. The Bertz CT molecular complexity index is 814. The number of aromatic amines is 2. The predicted molar refractivity (Wildman–Crippen MR) is 110 cm³/mol. The zero-order valence-corrected chi connectivity index (χ0v) is 15.9. The first-order chi connectivity index (χ1) is 12.9. The number of H-pyrrole nitrogens is 2. The van der Waals surface area contributed by atoms with Crippen LogP contribution in [0.1, 0.15) is 39.2 Å². The number of nitroso groups, excluding NO2 is 1. The molecular weight excluding hydrogens is 346 g/mol. The summed E-state index contributed by atoms with van der Waals surface area (Å²) < 4.78 is 0. The van der Waals surface area contributed by atoms with Crippen molar-refractivity contribution in [2.24, 2.45) is 5.18 Å². The van der Waals surface area contributed by atoms with Gasteiger partial charge in [0.15, 0.2) is 0 Å². The maximum Gasteiger partial charge on any atom is 0.325 e. The Morgan fingerprint density at radius 1 is 1.22 bits per heavy atom. The fourth-order valence-electron chi connectivity index (χ4n) is 2.18. The van der Waals surface area contributed by atoms with Gasteiger partial charge in [0, 0.05) is 23.5 Å². The highest BCUT2D eigenvalue weighted by molar-refractivity contribution is 5.56. The Labute approximate surface area is 158 Å². The van der Waals surface area contributed by atoms with Crippen molar-refractivity contribution in [1.29, 1.82) is 0 Å². The van der Waals surface area contributed by atoms with Crippen LogP contribution in [-0.2, 0) is 0 Å². The van der Waals surface area contributed by atoms with E-state index in [1.165, 1.54) is 12.3 Å². The minimum Gasteiger partial charge on any atom is -0.321 e. The van der Waals surface area contributed by atoms with E-state index in [2.05, 4.69) is 53.1 Å². The molecule has 0 bridgehead atoms. The quantitative estimate of drug-likeness (QED) is 0.322. The van der Waals surface area contributed by atoms with Gasteiger partial charge in [0.2, 0.25) is 0 Å². The summed E-state index contributed by atoms with van der Waals surface area (Å²) in [5, 5.41) is 2.88. The van der Waals surface area contributed by atoms with Gasteiger partial charge in [0.05, 0.1) is 6.54 Å². The standard InChI is InChI=1S/C15H23N3O.C4H4N2O2/c1-4-7-13-8-5-9-14(12-13)17-18-15(2,3)10-6-11-16-19;7-3-1-2-5-4(8)6-3/h4-5,7-9,12,17-18H,6,10-11H2,1-3H3;1-2H,(H2,5,6,7,8)/b7-4-;. The highest BCUT2D eigenvalue weighted by Crippen LogP contribution is 2.14. The van der Waals surface area contributed by atoms with Crippen molar-refractivity contribution in [2.75, 3.05) is 12.0 Å². The number of benzene rings is 1. The molecular formula is C19H27N5O3. The summed E-state index contributed by atoms with van der Waals surface area (Å²) in [7, 11) is 0. The molecule has 146 valence electrons. The van der Waals surface area contributed by atoms with Gasteiger partial charge >= 0.3 is 5.69 Å². The van der Waals surface area contributed by atoms with E-state index in [9.17, 15) is 14.5 Å². The maximum absolute atomic E-state index is 10.2. The first-order valence-electron chi connectivity index (χ1n) is 8.69. The molecule has 2 aromatic rings. The minimum atomic E-state index is -0.475. The summed E-state index contributed by atoms with van der Waals surface area (Å²) in [4.78, 5) is 34.7. The molecule has 0 saturated carbocycles. The van der Waals surface area contributed by atoms with Crippen LogP contribution in [0.4, 0.5) is 5.69 Å². The van der Waals surface area contributed by atoms with E-state index in [4.69, 9.17) is 0 Å². The summed E-state index contributed by atoms with van der Waals surface area (Å²) >= 11 is 0. The molecule has 0 spiro atoms. The lowest BCUT2D eigenvalue weighted by molar-refractivity contribution is 0.382. The largest absolute Gasteiger partial charge is 0.325 e. The Hall–Kier alpha value is -3.00. The monoisotopic (exact) mass is 373 g/mol. The first kappa shape index (κ1) is 22.0. The van der Waals surface area contributed by atoms with Gasteiger partial charge in [-0.3, -0.25) is 9.78 Å². The third kappa shape index (κ3) is 9.91. The Morgan fingerprint density at radius 2 is 2.00 bits per heavy atom. The molecule has 0 saturated heterocycles. The zero-order valence-electron chi connectivity index (χ0n) is 15.9. The van der Waals surface area contributed by atoms with Gasteiger partial charge in [0.1, 0.15) is 0 Å². The molecule has 0 aliphatic heterocycles. The van der Waals surface area contributed by atoms with Crippen LogP contribution in [0.2, 0.25) is 0 Å². The van der Waals surface area contributed by atoms with Crippen molar-refractivity contribution in [1.82, 2.24) is 15.4 Å².